The smallest absolute Gasteiger partial charge is 0.279 e. The van der Waals surface area contributed by atoms with Gasteiger partial charge in [-0.1, -0.05) is 44.2 Å². The molecule has 186 valence electrons. The van der Waals surface area contributed by atoms with E-state index in [1.54, 1.807) is 0 Å². The number of fused-ring (bicyclic) bond motifs is 5. The molecule has 4 aliphatic rings. The van der Waals surface area contributed by atoms with Crippen molar-refractivity contribution in [1.29, 1.82) is 5.41 Å². The predicted molar refractivity (Wildman–Crippen MR) is 137 cm³/mol. The third-order valence-electron chi connectivity index (χ3n) is 9.42. The summed E-state index contributed by atoms with van der Waals surface area (Å²) in [5, 5.41) is 8.12. The maximum Gasteiger partial charge on any atom is 0.279 e. The van der Waals surface area contributed by atoms with Crippen molar-refractivity contribution in [2.45, 2.75) is 101 Å². The van der Waals surface area contributed by atoms with E-state index in [0.29, 0.717) is 23.6 Å². The van der Waals surface area contributed by atoms with Gasteiger partial charge in [-0.15, -0.1) is 0 Å². The first-order chi connectivity index (χ1) is 17.0. The lowest BCUT2D eigenvalue weighted by molar-refractivity contribution is -0.112. The molecule has 2 aliphatic heterocycles. The molecule has 1 amide bonds. The van der Waals surface area contributed by atoms with Gasteiger partial charge in [0.1, 0.15) is 0 Å². The van der Waals surface area contributed by atoms with Crippen molar-refractivity contribution in [1.82, 2.24) is 14.5 Å². The highest BCUT2D eigenvalue weighted by Crippen LogP contribution is 2.46. The van der Waals surface area contributed by atoms with Gasteiger partial charge < -0.3 is 10.3 Å². The highest BCUT2D eigenvalue weighted by molar-refractivity contribution is 6.43. The van der Waals surface area contributed by atoms with E-state index in [4.69, 9.17) is 11.1 Å². The SMILES string of the molecule is N=C(C(N)=O)c1nc2ccccc2n([C@H]2C[C@H]3CCC[C@@H](C2)N3C2CC3CCCCC(C3)C2)c1=O. The summed E-state index contributed by atoms with van der Waals surface area (Å²) in [5.74, 6) is 0.879. The minimum absolute atomic E-state index is 0.0484. The normalized spacial score (nSPS) is 33.3. The molecule has 3 N–H and O–H groups in total. The fourth-order valence-corrected chi connectivity index (χ4v) is 8.10. The average molecular weight is 476 g/mol. The molecule has 0 radical (unpaired) electrons. The Labute approximate surface area is 206 Å². The van der Waals surface area contributed by atoms with Gasteiger partial charge in [-0.25, -0.2) is 4.98 Å². The number of hydrogen-bond acceptors (Lipinski definition) is 5. The minimum atomic E-state index is -0.915. The lowest BCUT2D eigenvalue weighted by atomic mass is 9.73. The monoisotopic (exact) mass is 475 g/mol. The zero-order valence-corrected chi connectivity index (χ0v) is 20.5. The van der Waals surface area contributed by atoms with Crippen LogP contribution in [0, 0.1) is 17.2 Å². The third-order valence-corrected chi connectivity index (χ3v) is 9.42. The van der Waals surface area contributed by atoms with Gasteiger partial charge in [0.05, 0.1) is 11.0 Å². The molecule has 2 unspecified atom stereocenters. The third kappa shape index (κ3) is 4.11. The van der Waals surface area contributed by atoms with Crippen LogP contribution in [0.1, 0.15) is 88.8 Å². The van der Waals surface area contributed by atoms with Gasteiger partial charge in [0, 0.05) is 24.2 Å². The van der Waals surface area contributed by atoms with Crippen LogP contribution in [-0.4, -0.2) is 44.2 Å². The number of hydrogen-bond donors (Lipinski definition) is 2. The van der Waals surface area contributed by atoms with Crippen LogP contribution in [0.5, 0.6) is 0 Å². The van der Waals surface area contributed by atoms with E-state index in [-0.39, 0.29) is 17.3 Å². The number of rotatable bonds is 4. The van der Waals surface area contributed by atoms with Crippen molar-refractivity contribution < 1.29 is 4.79 Å². The summed E-state index contributed by atoms with van der Waals surface area (Å²) in [6, 6.07) is 9.33. The molecule has 0 spiro atoms. The molecule has 2 saturated carbocycles. The molecular formula is C28H37N5O2. The molecular weight excluding hydrogens is 438 g/mol. The number of piperidine rings is 2. The first kappa shape index (κ1) is 22.9. The molecule has 1 aromatic carbocycles. The zero-order valence-electron chi connectivity index (χ0n) is 20.5. The molecule has 5 atom stereocenters. The minimum Gasteiger partial charge on any atom is -0.364 e. The number of nitrogens with two attached hydrogens (primary N) is 1. The van der Waals surface area contributed by atoms with Crippen molar-refractivity contribution in [2.75, 3.05) is 0 Å². The molecule has 3 heterocycles. The number of aromatic nitrogens is 2. The van der Waals surface area contributed by atoms with E-state index < -0.39 is 11.6 Å². The second-order valence-corrected chi connectivity index (χ2v) is 11.6. The molecule has 4 fully saturated rings. The summed E-state index contributed by atoms with van der Waals surface area (Å²) < 4.78 is 1.85. The Hall–Kier alpha value is -2.54. The van der Waals surface area contributed by atoms with Gasteiger partial charge in [-0.05, 0) is 68.9 Å². The molecule has 6 rings (SSSR count). The zero-order chi connectivity index (χ0) is 24.1. The van der Waals surface area contributed by atoms with Crippen LogP contribution in [0.2, 0.25) is 0 Å². The summed E-state index contributed by atoms with van der Waals surface area (Å²) in [4.78, 5) is 32.7. The molecule has 4 bridgehead atoms. The van der Waals surface area contributed by atoms with Crippen LogP contribution in [0.4, 0.5) is 0 Å². The lowest BCUT2D eigenvalue weighted by Gasteiger charge is -2.54. The van der Waals surface area contributed by atoms with Crippen molar-refractivity contribution in [2.24, 2.45) is 17.6 Å². The van der Waals surface area contributed by atoms with Gasteiger partial charge in [-0.3, -0.25) is 19.9 Å². The Bertz CT molecular complexity index is 1180. The Balaban J connectivity index is 1.35. The Morgan fingerprint density at radius 1 is 0.857 bits per heavy atom. The maximum absolute atomic E-state index is 13.6. The van der Waals surface area contributed by atoms with E-state index in [1.165, 1.54) is 64.2 Å². The van der Waals surface area contributed by atoms with Crippen LogP contribution in [0.25, 0.3) is 11.0 Å². The Morgan fingerprint density at radius 3 is 2.17 bits per heavy atom. The molecule has 2 aromatic rings. The van der Waals surface area contributed by atoms with E-state index in [9.17, 15) is 9.59 Å². The standard InChI is InChI=1S/C28H37N5O2/c29-25(27(30)34)26-28(35)33(24-11-4-3-10-23(24)31-26)22-15-19-8-5-9-20(16-22)32(19)21-13-17-6-1-2-7-18(12-17)14-21/h3-4,10-11,17-22,29H,1-2,5-9,12-16H2,(H2,30,34)/t17?,18?,19-,20+,21?,22+. The number of carbonyl (C=O) groups excluding carboxylic acids is 1. The predicted octanol–water partition coefficient (Wildman–Crippen LogP) is 4.17. The van der Waals surface area contributed by atoms with Gasteiger partial charge >= 0.3 is 0 Å². The van der Waals surface area contributed by atoms with Crippen LogP contribution in [-0.2, 0) is 4.79 Å². The number of primary amides is 1. The fraction of sp³-hybridized carbons (Fsp3) is 0.643. The molecule has 2 saturated heterocycles. The van der Waals surface area contributed by atoms with Crippen molar-refractivity contribution in [3.8, 4) is 0 Å². The number of amides is 1. The van der Waals surface area contributed by atoms with Crippen LogP contribution in [0.3, 0.4) is 0 Å². The van der Waals surface area contributed by atoms with Crippen LogP contribution in [0.15, 0.2) is 29.1 Å². The van der Waals surface area contributed by atoms with Crippen LogP contribution >= 0.6 is 0 Å². The number of nitrogens with zero attached hydrogens (tertiary/aromatic N) is 3. The van der Waals surface area contributed by atoms with E-state index in [1.807, 2.05) is 28.8 Å². The molecule has 7 nitrogen and oxygen atoms in total. The first-order valence-corrected chi connectivity index (χ1v) is 13.7. The highest BCUT2D eigenvalue weighted by Gasteiger charge is 2.45. The molecule has 35 heavy (non-hydrogen) atoms. The summed E-state index contributed by atoms with van der Waals surface area (Å²) in [5.41, 5.74) is 5.82. The van der Waals surface area contributed by atoms with Crippen molar-refractivity contribution >= 4 is 22.7 Å². The quantitative estimate of drug-likeness (QED) is 0.648. The van der Waals surface area contributed by atoms with E-state index in [0.717, 1.165) is 30.2 Å². The topological polar surface area (TPSA) is 105 Å². The number of carbonyl (C=O) groups is 1. The van der Waals surface area contributed by atoms with Gasteiger partial charge in [-0.2, -0.15) is 0 Å². The molecule has 2 aliphatic carbocycles. The number of nitrogens with one attached hydrogen (secondary N) is 1. The van der Waals surface area contributed by atoms with Gasteiger partial charge in [0.2, 0.25) is 0 Å². The Kier molecular flexibility index (Phi) is 5.99. The number of para-hydroxylation sites is 2. The van der Waals surface area contributed by atoms with Gasteiger partial charge in [0.25, 0.3) is 11.5 Å². The number of benzene rings is 1. The summed E-state index contributed by atoms with van der Waals surface area (Å²) in [7, 11) is 0. The summed E-state index contributed by atoms with van der Waals surface area (Å²) in [6.45, 7) is 0. The first-order valence-electron chi connectivity index (χ1n) is 13.7. The van der Waals surface area contributed by atoms with Gasteiger partial charge in [0.15, 0.2) is 11.4 Å². The lowest BCUT2D eigenvalue weighted by Crippen LogP contribution is -2.58. The average Bonchev–Trinajstić information content (AvgIpc) is 3.01. The maximum atomic E-state index is 13.6. The van der Waals surface area contributed by atoms with Crippen molar-refractivity contribution in [3.63, 3.8) is 0 Å². The van der Waals surface area contributed by atoms with Crippen LogP contribution < -0.4 is 11.3 Å². The second-order valence-electron chi connectivity index (χ2n) is 11.6. The molecule has 1 aromatic heterocycles. The van der Waals surface area contributed by atoms with E-state index in [2.05, 4.69) is 9.88 Å². The second kappa shape index (κ2) is 9.16. The van der Waals surface area contributed by atoms with Crippen molar-refractivity contribution in [3.05, 3.63) is 40.3 Å². The highest BCUT2D eigenvalue weighted by atomic mass is 16.1. The Morgan fingerprint density at radius 2 is 1.51 bits per heavy atom. The largest absolute Gasteiger partial charge is 0.364 e. The summed E-state index contributed by atoms with van der Waals surface area (Å²) >= 11 is 0. The van der Waals surface area contributed by atoms with E-state index >= 15 is 0 Å². The fourth-order valence-electron chi connectivity index (χ4n) is 8.10. The molecule has 7 heteroatoms. The summed E-state index contributed by atoms with van der Waals surface area (Å²) in [6.07, 6.45) is 15.3.